The van der Waals surface area contributed by atoms with Gasteiger partial charge in [0, 0.05) is 49.0 Å². The molecule has 12 nitrogen and oxygen atoms in total. The SMILES string of the molecule is CN(CCCOc1ccc(CNC[C@H](O)c2ccc(O)c3[nH]c(=O)ccc23)cc1)C1C2CCC1C(OC(=O)[C@](O)(c1ccccc1)C1CCCCC1)C2.O=CO. The lowest BCUT2D eigenvalue weighted by Gasteiger charge is -2.38. The summed E-state index contributed by atoms with van der Waals surface area (Å²) in [5, 5.41) is 43.8. The maximum absolute atomic E-state index is 13.9. The van der Waals surface area contributed by atoms with Crippen LogP contribution in [0.4, 0.5) is 0 Å². The first kappa shape index (κ1) is 40.9. The van der Waals surface area contributed by atoms with Gasteiger partial charge in [-0.2, -0.15) is 0 Å². The van der Waals surface area contributed by atoms with E-state index in [0.29, 0.717) is 53.7 Å². The lowest BCUT2D eigenvalue weighted by atomic mass is 9.73. The number of aromatic nitrogens is 1. The molecule has 3 fully saturated rings. The zero-order chi connectivity index (χ0) is 39.7. The van der Waals surface area contributed by atoms with Crippen molar-refractivity contribution in [2.75, 3.05) is 26.7 Å². The zero-order valence-corrected chi connectivity index (χ0v) is 32.0. The summed E-state index contributed by atoms with van der Waals surface area (Å²) in [4.78, 5) is 39.0. The van der Waals surface area contributed by atoms with Gasteiger partial charge in [-0.3, -0.25) is 9.59 Å². The van der Waals surface area contributed by atoms with Crippen LogP contribution in [-0.4, -0.2) is 81.6 Å². The number of carbonyl (C=O) groups is 2. The summed E-state index contributed by atoms with van der Waals surface area (Å²) in [5.41, 5.74) is 0.730. The Kier molecular flexibility index (Phi) is 13.8. The molecule has 4 unspecified atom stereocenters. The van der Waals surface area contributed by atoms with Crippen LogP contribution < -0.4 is 15.6 Å². The number of H-pyrrole nitrogens is 1. The van der Waals surface area contributed by atoms with Crippen LogP contribution in [-0.2, 0) is 26.5 Å². The third-order valence-corrected chi connectivity index (χ3v) is 12.1. The van der Waals surface area contributed by atoms with Crippen molar-refractivity contribution in [3.8, 4) is 11.5 Å². The van der Waals surface area contributed by atoms with Gasteiger partial charge in [0.2, 0.25) is 5.56 Å². The van der Waals surface area contributed by atoms with Crippen molar-refractivity contribution in [2.24, 2.45) is 17.8 Å². The zero-order valence-electron chi connectivity index (χ0n) is 32.0. The Bertz CT molecular complexity index is 1950. The number of aliphatic hydroxyl groups is 2. The lowest BCUT2D eigenvalue weighted by Crippen LogP contribution is -2.47. The van der Waals surface area contributed by atoms with Crippen molar-refractivity contribution < 1.29 is 39.5 Å². The average Bonchev–Trinajstić information content (AvgIpc) is 3.79. The number of esters is 1. The van der Waals surface area contributed by atoms with Crippen LogP contribution in [0.5, 0.6) is 11.5 Å². The Morgan fingerprint density at radius 2 is 1.73 bits per heavy atom. The van der Waals surface area contributed by atoms with E-state index in [2.05, 4.69) is 22.2 Å². The first-order chi connectivity index (χ1) is 27.1. The number of benzene rings is 3. The number of pyridine rings is 1. The minimum absolute atomic E-state index is 0.0336. The summed E-state index contributed by atoms with van der Waals surface area (Å²) in [6.07, 6.45) is 7.80. The number of phenolic OH excluding ortho intramolecular Hbond substituents is 1. The van der Waals surface area contributed by atoms with E-state index in [0.717, 1.165) is 75.6 Å². The molecule has 4 aromatic rings. The molecule has 0 saturated heterocycles. The molecule has 3 aliphatic rings. The molecule has 6 N–H and O–H groups in total. The molecule has 1 aromatic heterocycles. The van der Waals surface area contributed by atoms with Gasteiger partial charge in [-0.05, 0) is 92.4 Å². The molecule has 6 atom stereocenters. The monoisotopic (exact) mass is 769 g/mol. The molecular formula is C44H55N3O9. The van der Waals surface area contributed by atoms with E-state index in [1.54, 1.807) is 12.1 Å². The fourth-order valence-electron chi connectivity index (χ4n) is 9.39. The fourth-order valence-corrected chi connectivity index (χ4v) is 9.39. The van der Waals surface area contributed by atoms with Gasteiger partial charge < -0.3 is 45.1 Å². The number of hydrogen-bond acceptors (Lipinski definition) is 10. The number of phenols is 1. The van der Waals surface area contributed by atoms with Gasteiger partial charge in [-0.25, -0.2) is 4.79 Å². The summed E-state index contributed by atoms with van der Waals surface area (Å²) in [7, 11) is 2.17. The van der Waals surface area contributed by atoms with E-state index in [-0.39, 0.29) is 35.7 Å². The van der Waals surface area contributed by atoms with E-state index in [9.17, 15) is 24.9 Å². The molecule has 3 aromatic carbocycles. The maximum atomic E-state index is 13.9. The fraction of sp³-hybridized carbons (Fsp3) is 0.477. The van der Waals surface area contributed by atoms with Crippen molar-refractivity contribution in [2.45, 2.75) is 88.2 Å². The molecule has 7 rings (SSSR count). The Morgan fingerprint density at radius 1 is 1.00 bits per heavy atom. The number of fused-ring (bicyclic) bond motifs is 3. The molecule has 2 bridgehead atoms. The van der Waals surface area contributed by atoms with E-state index < -0.39 is 17.7 Å². The van der Waals surface area contributed by atoms with Crippen LogP contribution in [0.2, 0.25) is 0 Å². The number of hydrogen-bond donors (Lipinski definition) is 6. The second-order valence-corrected chi connectivity index (χ2v) is 15.5. The van der Waals surface area contributed by atoms with Gasteiger partial charge in [0.05, 0.1) is 18.2 Å². The predicted octanol–water partition coefficient (Wildman–Crippen LogP) is 5.64. The van der Waals surface area contributed by atoms with Gasteiger partial charge in [0.1, 0.15) is 17.6 Å². The minimum Gasteiger partial charge on any atom is -0.506 e. The quantitative estimate of drug-likeness (QED) is 0.0501. The number of nitrogens with one attached hydrogen (secondary N) is 2. The highest BCUT2D eigenvalue weighted by atomic mass is 16.6. The Morgan fingerprint density at radius 3 is 2.46 bits per heavy atom. The normalized spacial score (nSPS) is 22.2. The minimum atomic E-state index is -1.60. The average molecular weight is 770 g/mol. The highest BCUT2D eigenvalue weighted by Gasteiger charge is 2.54. The molecule has 0 radical (unpaired) electrons. The van der Waals surface area contributed by atoms with Crippen molar-refractivity contribution in [3.63, 3.8) is 0 Å². The molecule has 3 saturated carbocycles. The number of ether oxygens (including phenoxy) is 2. The standard InChI is InChI=1S/C43H53N3O7.CH2O2/c1-46(41-29-15-18-35(41)38(25-29)53-42(50)43(51,30-9-4-2-5-10-30)31-11-6-3-7-12-31)23-8-24-52-32-16-13-28(14-17-32)26-44-27-37(48)33-19-21-36(47)40-34(33)20-22-39(49)45-40;2-1-3/h2,4-5,9-10,13-14,16-17,19-22,29,31,35,37-38,41,44,47-48,51H,3,6-8,11-12,15,18,23-27H2,1H3,(H,45,49);1H,(H,2,3)/t29?,35?,37-,38?,41?,43-;/m0./s1. The summed E-state index contributed by atoms with van der Waals surface area (Å²) in [6.45, 7) is 2.07. The molecule has 0 amide bonds. The van der Waals surface area contributed by atoms with Gasteiger partial charge >= 0.3 is 5.97 Å². The van der Waals surface area contributed by atoms with Crippen LogP contribution in [0.15, 0.2) is 83.7 Å². The van der Waals surface area contributed by atoms with E-state index in [1.807, 2.05) is 54.6 Å². The lowest BCUT2D eigenvalue weighted by molar-refractivity contribution is -0.184. The molecule has 56 heavy (non-hydrogen) atoms. The number of aromatic amines is 1. The Hall–Kier alpha value is -4.75. The Balaban J connectivity index is 0.00000172. The third kappa shape index (κ3) is 9.26. The molecule has 3 aliphatic carbocycles. The summed E-state index contributed by atoms with van der Waals surface area (Å²) in [6, 6.07) is 23.9. The van der Waals surface area contributed by atoms with Crippen molar-refractivity contribution in [3.05, 3.63) is 106 Å². The number of nitrogens with zero attached hydrogens (tertiary/aromatic N) is 1. The number of carboxylic acid groups (broad SMARTS) is 1. The molecule has 0 aliphatic heterocycles. The molecule has 300 valence electrons. The molecule has 1 heterocycles. The van der Waals surface area contributed by atoms with Crippen LogP contribution in [0, 0.1) is 17.8 Å². The van der Waals surface area contributed by atoms with Gasteiger partial charge in [0.15, 0.2) is 5.60 Å². The summed E-state index contributed by atoms with van der Waals surface area (Å²) in [5.74, 6) is 0.937. The molecule has 0 spiro atoms. The second kappa shape index (κ2) is 18.9. The Labute approximate surface area is 327 Å². The highest BCUT2D eigenvalue weighted by Crippen LogP contribution is 2.50. The maximum Gasteiger partial charge on any atom is 0.343 e. The number of carbonyl (C=O) groups excluding carboxylic acids is 1. The first-order valence-electron chi connectivity index (χ1n) is 19.9. The van der Waals surface area contributed by atoms with Gasteiger partial charge in [-0.15, -0.1) is 0 Å². The van der Waals surface area contributed by atoms with Crippen LogP contribution in [0.3, 0.4) is 0 Å². The van der Waals surface area contributed by atoms with E-state index >= 15 is 0 Å². The topological polar surface area (TPSA) is 182 Å². The van der Waals surface area contributed by atoms with Gasteiger partial charge in [-0.1, -0.05) is 67.8 Å². The van der Waals surface area contributed by atoms with E-state index in [1.165, 1.54) is 12.1 Å². The van der Waals surface area contributed by atoms with Crippen molar-refractivity contribution in [1.29, 1.82) is 0 Å². The van der Waals surface area contributed by atoms with Gasteiger partial charge in [0.25, 0.3) is 6.47 Å². The second-order valence-electron chi connectivity index (χ2n) is 15.5. The van der Waals surface area contributed by atoms with Crippen LogP contribution in [0.25, 0.3) is 10.9 Å². The predicted molar refractivity (Wildman–Crippen MR) is 212 cm³/mol. The largest absolute Gasteiger partial charge is 0.506 e. The molecular weight excluding hydrogens is 714 g/mol. The van der Waals surface area contributed by atoms with Crippen molar-refractivity contribution in [1.82, 2.24) is 15.2 Å². The summed E-state index contributed by atoms with van der Waals surface area (Å²) >= 11 is 0. The highest BCUT2D eigenvalue weighted by molar-refractivity contribution is 5.87. The van der Waals surface area contributed by atoms with Crippen LogP contribution >= 0.6 is 0 Å². The molecule has 12 heteroatoms. The van der Waals surface area contributed by atoms with Crippen molar-refractivity contribution >= 4 is 23.3 Å². The number of aromatic hydroxyl groups is 1. The first-order valence-corrected chi connectivity index (χ1v) is 19.9. The number of aliphatic hydroxyl groups excluding tert-OH is 1. The summed E-state index contributed by atoms with van der Waals surface area (Å²) < 4.78 is 12.4. The smallest absolute Gasteiger partial charge is 0.343 e. The third-order valence-electron chi connectivity index (χ3n) is 12.1. The van der Waals surface area contributed by atoms with Crippen LogP contribution in [0.1, 0.15) is 80.6 Å². The van der Waals surface area contributed by atoms with E-state index in [4.69, 9.17) is 19.4 Å². The number of rotatable bonds is 15.